The minimum Gasteiger partial charge on any atom is -0.456 e. The van der Waals surface area contributed by atoms with Crippen LogP contribution in [0.4, 0.5) is 0 Å². The van der Waals surface area contributed by atoms with Crippen LogP contribution < -0.4 is 0 Å². The van der Waals surface area contributed by atoms with Gasteiger partial charge < -0.3 is 4.42 Å². The molecule has 0 bridgehead atoms. The number of fused-ring (bicyclic) bond motifs is 5. The number of hydrogen-bond acceptors (Lipinski definition) is 4. The van der Waals surface area contributed by atoms with Crippen LogP contribution >= 0.6 is 11.6 Å². The smallest absolute Gasteiger partial charge is 0.226 e. The van der Waals surface area contributed by atoms with E-state index in [4.69, 9.17) is 21.0 Å². The fourth-order valence-electron chi connectivity index (χ4n) is 6.37. The van der Waals surface area contributed by atoms with Crippen molar-refractivity contribution in [3.63, 3.8) is 0 Å². The molecule has 5 heteroatoms. The Morgan fingerprint density at radius 3 is 1.76 bits per heavy atom. The van der Waals surface area contributed by atoms with E-state index in [0.717, 1.165) is 44.2 Å². The summed E-state index contributed by atoms with van der Waals surface area (Å²) in [6, 6.07) is 50.5. The molecule has 2 aromatic heterocycles. The predicted octanol–water partition coefficient (Wildman–Crippen LogP) is 11.4. The largest absolute Gasteiger partial charge is 0.456 e. The summed E-state index contributed by atoms with van der Waals surface area (Å²) < 4.78 is 6.10. The van der Waals surface area contributed by atoms with Crippen LogP contribution in [0, 0.1) is 0 Å². The zero-order chi connectivity index (χ0) is 30.6. The van der Waals surface area contributed by atoms with Gasteiger partial charge in [-0.05, 0) is 91.8 Å². The molecule has 0 amide bonds. The number of para-hydroxylation sites is 1. The second-order valence-electron chi connectivity index (χ2n) is 11.4. The van der Waals surface area contributed by atoms with Crippen molar-refractivity contribution in [3.8, 4) is 45.0 Å². The molecule has 0 N–H and O–H groups in total. The molecule has 216 valence electrons. The van der Waals surface area contributed by atoms with Crippen LogP contribution in [0.3, 0.4) is 0 Å². The van der Waals surface area contributed by atoms with Gasteiger partial charge in [-0.15, -0.1) is 0 Å². The topological polar surface area (TPSA) is 51.8 Å². The van der Waals surface area contributed by atoms with E-state index in [-0.39, 0.29) is 5.28 Å². The summed E-state index contributed by atoms with van der Waals surface area (Å²) in [6.07, 6.45) is 0. The van der Waals surface area contributed by atoms with Gasteiger partial charge >= 0.3 is 0 Å². The molecule has 46 heavy (non-hydrogen) atoms. The first-order valence-corrected chi connectivity index (χ1v) is 15.5. The molecule has 0 saturated carbocycles. The first-order valence-electron chi connectivity index (χ1n) is 15.1. The monoisotopic (exact) mass is 609 g/mol. The molecule has 9 rings (SSSR count). The number of hydrogen-bond donors (Lipinski definition) is 0. The Bertz CT molecular complexity index is 2620. The summed E-state index contributed by atoms with van der Waals surface area (Å²) >= 11 is 6.52. The Hall–Kier alpha value is -5.84. The van der Waals surface area contributed by atoms with Gasteiger partial charge in [0, 0.05) is 21.9 Å². The van der Waals surface area contributed by atoms with Crippen LogP contribution in [0.25, 0.3) is 88.5 Å². The van der Waals surface area contributed by atoms with Crippen LogP contribution in [0.1, 0.15) is 0 Å². The van der Waals surface area contributed by atoms with Crippen LogP contribution in [0.15, 0.2) is 150 Å². The predicted molar refractivity (Wildman–Crippen MR) is 189 cm³/mol. The van der Waals surface area contributed by atoms with E-state index in [0.29, 0.717) is 11.6 Å². The van der Waals surface area contributed by atoms with Gasteiger partial charge in [0.2, 0.25) is 5.28 Å². The van der Waals surface area contributed by atoms with Crippen molar-refractivity contribution in [2.45, 2.75) is 0 Å². The lowest BCUT2D eigenvalue weighted by molar-refractivity contribution is 0.669. The molecule has 0 spiro atoms. The maximum atomic E-state index is 6.52. The Morgan fingerprint density at radius 1 is 0.413 bits per heavy atom. The van der Waals surface area contributed by atoms with Gasteiger partial charge in [0.25, 0.3) is 0 Å². The lowest BCUT2D eigenvalue weighted by Gasteiger charge is -2.10. The molecule has 0 aliphatic rings. The molecule has 0 aliphatic heterocycles. The molecule has 0 aliphatic carbocycles. The Morgan fingerprint density at radius 2 is 0.978 bits per heavy atom. The Labute approximate surface area is 269 Å². The van der Waals surface area contributed by atoms with Gasteiger partial charge in [-0.1, -0.05) is 109 Å². The number of nitrogens with zero attached hydrogens (tertiary/aromatic N) is 3. The molecule has 4 nitrogen and oxygen atoms in total. The fourth-order valence-corrected chi connectivity index (χ4v) is 6.53. The zero-order valence-electron chi connectivity index (χ0n) is 24.5. The van der Waals surface area contributed by atoms with Crippen LogP contribution in [-0.4, -0.2) is 15.0 Å². The number of rotatable bonds is 4. The minimum atomic E-state index is 0.142. The SMILES string of the molecule is Clc1nc(-c2cccc(-c3ccc4cc(-c5ccc6ccccc6c5)ccc4c3)c2)nc(-c2cccc3oc4ccccc4c23)n1. The van der Waals surface area contributed by atoms with Crippen LogP contribution in [0.5, 0.6) is 0 Å². The summed E-state index contributed by atoms with van der Waals surface area (Å²) in [5.74, 6) is 1.02. The highest BCUT2D eigenvalue weighted by Gasteiger charge is 2.17. The van der Waals surface area contributed by atoms with Crippen LogP contribution in [-0.2, 0) is 0 Å². The third-order valence-corrected chi connectivity index (χ3v) is 8.80. The van der Waals surface area contributed by atoms with Crippen molar-refractivity contribution in [2.75, 3.05) is 0 Å². The minimum absolute atomic E-state index is 0.142. The van der Waals surface area contributed by atoms with E-state index >= 15 is 0 Å². The highest BCUT2D eigenvalue weighted by Crippen LogP contribution is 2.37. The summed E-state index contributed by atoms with van der Waals surface area (Å²) in [4.78, 5) is 14.0. The molecular weight excluding hydrogens is 586 g/mol. The molecule has 0 saturated heterocycles. The normalized spacial score (nSPS) is 11.6. The second-order valence-corrected chi connectivity index (χ2v) is 11.8. The van der Waals surface area contributed by atoms with Gasteiger partial charge in [-0.2, -0.15) is 9.97 Å². The third-order valence-electron chi connectivity index (χ3n) is 8.63. The molecule has 0 atom stereocenters. The van der Waals surface area contributed by atoms with E-state index < -0.39 is 0 Å². The molecular formula is C41H24ClN3O. The quantitative estimate of drug-likeness (QED) is 0.199. The number of halogens is 1. The number of aromatic nitrogens is 3. The van der Waals surface area contributed by atoms with Gasteiger partial charge in [0.15, 0.2) is 11.6 Å². The standard InChI is InChI=1S/C41H24ClN3O/c42-41-44-39(43-40(45-41)35-12-6-14-37-38(35)34-11-3-4-13-36(34)46-37)33-10-5-9-27(24-33)28-17-18-32-23-31(20-19-30(32)22-28)29-16-15-25-7-1-2-8-26(25)21-29/h1-24H. The first-order chi connectivity index (χ1) is 22.7. The lowest BCUT2D eigenvalue weighted by Crippen LogP contribution is -1.97. The van der Waals surface area contributed by atoms with E-state index in [1.165, 1.54) is 32.7 Å². The average Bonchev–Trinajstić information content (AvgIpc) is 3.50. The van der Waals surface area contributed by atoms with Gasteiger partial charge in [0.1, 0.15) is 11.2 Å². The maximum Gasteiger partial charge on any atom is 0.226 e. The molecule has 0 unspecified atom stereocenters. The van der Waals surface area contributed by atoms with Gasteiger partial charge in [0.05, 0.1) is 0 Å². The van der Waals surface area contributed by atoms with Crippen molar-refractivity contribution in [1.82, 2.24) is 15.0 Å². The van der Waals surface area contributed by atoms with Crippen molar-refractivity contribution >= 4 is 55.1 Å². The van der Waals surface area contributed by atoms with E-state index in [1.54, 1.807) is 0 Å². The summed E-state index contributed by atoms with van der Waals surface area (Å²) in [6.45, 7) is 0. The van der Waals surface area contributed by atoms with Gasteiger partial charge in [-0.3, -0.25) is 0 Å². The maximum absolute atomic E-state index is 6.52. The lowest BCUT2D eigenvalue weighted by atomic mass is 9.96. The molecule has 0 radical (unpaired) electrons. The second kappa shape index (κ2) is 10.7. The summed E-state index contributed by atoms with van der Waals surface area (Å²) in [5.41, 5.74) is 7.90. The summed E-state index contributed by atoms with van der Waals surface area (Å²) in [5, 5.41) is 6.98. The molecule has 9 aromatic rings. The van der Waals surface area contributed by atoms with Crippen molar-refractivity contribution in [2.24, 2.45) is 0 Å². The van der Waals surface area contributed by atoms with Crippen LogP contribution in [0.2, 0.25) is 5.28 Å². The molecule has 7 aromatic carbocycles. The summed E-state index contributed by atoms with van der Waals surface area (Å²) in [7, 11) is 0. The average molecular weight is 610 g/mol. The van der Waals surface area contributed by atoms with Gasteiger partial charge in [-0.25, -0.2) is 4.98 Å². The number of benzene rings is 7. The fraction of sp³-hybridized carbons (Fsp3) is 0. The van der Waals surface area contributed by atoms with Crippen molar-refractivity contribution < 1.29 is 4.42 Å². The highest BCUT2D eigenvalue weighted by molar-refractivity contribution is 6.28. The van der Waals surface area contributed by atoms with Crippen molar-refractivity contribution in [1.29, 1.82) is 0 Å². The first kappa shape index (κ1) is 26.6. The highest BCUT2D eigenvalue weighted by atomic mass is 35.5. The molecule has 2 heterocycles. The van der Waals surface area contributed by atoms with E-state index in [1.807, 2.05) is 54.6 Å². The number of furan rings is 1. The van der Waals surface area contributed by atoms with Crippen molar-refractivity contribution in [3.05, 3.63) is 151 Å². The van der Waals surface area contributed by atoms with E-state index in [2.05, 4.69) is 101 Å². The third kappa shape index (κ3) is 4.59. The Balaban J connectivity index is 1.08. The Kier molecular flexibility index (Phi) is 6.15. The zero-order valence-corrected chi connectivity index (χ0v) is 25.2. The van der Waals surface area contributed by atoms with E-state index in [9.17, 15) is 0 Å². The molecule has 0 fully saturated rings.